The quantitative estimate of drug-likeness (QED) is 0.934. The molecule has 2 aliphatic carbocycles. The lowest BCUT2D eigenvalue weighted by Gasteiger charge is -2.24. The first-order chi connectivity index (χ1) is 10.3. The van der Waals surface area contributed by atoms with Crippen LogP contribution < -0.4 is 10.5 Å². The molecule has 4 unspecified atom stereocenters. The first kappa shape index (κ1) is 12.8. The van der Waals surface area contributed by atoms with Gasteiger partial charge in [0.15, 0.2) is 6.61 Å². The first-order valence-electron chi connectivity index (χ1n) is 7.57. The molecule has 2 aliphatic rings. The van der Waals surface area contributed by atoms with Gasteiger partial charge < -0.3 is 15.0 Å². The molecule has 5 heteroatoms. The zero-order valence-electron chi connectivity index (χ0n) is 11.8. The summed E-state index contributed by atoms with van der Waals surface area (Å²) in [4.78, 5) is 4.49. The van der Waals surface area contributed by atoms with Crippen LogP contribution in [-0.2, 0) is 6.61 Å². The van der Waals surface area contributed by atoms with E-state index in [2.05, 4.69) is 10.1 Å². The Balaban J connectivity index is 1.44. The second-order valence-corrected chi connectivity index (χ2v) is 6.09. The molecule has 1 aromatic carbocycles. The molecule has 0 radical (unpaired) electrons. The van der Waals surface area contributed by atoms with Gasteiger partial charge in [-0.1, -0.05) is 23.4 Å². The summed E-state index contributed by atoms with van der Waals surface area (Å²) in [6.45, 7) is 0.323. The molecule has 1 heterocycles. The second-order valence-electron chi connectivity index (χ2n) is 6.09. The van der Waals surface area contributed by atoms with E-state index < -0.39 is 0 Å². The van der Waals surface area contributed by atoms with Gasteiger partial charge in [-0.3, -0.25) is 0 Å². The van der Waals surface area contributed by atoms with Gasteiger partial charge in [0.25, 0.3) is 0 Å². The van der Waals surface area contributed by atoms with Gasteiger partial charge in [-0.05, 0) is 43.2 Å². The zero-order valence-corrected chi connectivity index (χ0v) is 11.8. The molecule has 4 rings (SSSR count). The standard InChI is InChI=1S/C16H19N3O2/c17-15-11-7-6-10(8-11)14(15)16-18-13(19-21-16)9-20-12-4-2-1-3-5-12/h1-5,10-11,14-15H,6-9,17H2. The Kier molecular flexibility index (Phi) is 3.15. The summed E-state index contributed by atoms with van der Waals surface area (Å²) < 4.78 is 11.1. The highest BCUT2D eigenvalue weighted by atomic mass is 16.5. The predicted octanol–water partition coefficient (Wildman–Crippen LogP) is 2.49. The third-order valence-electron chi connectivity index (χ3n) is 4.86. The highest BCUT2D eigenvalue weighted by Gasteiger charge is 2.48. The Bertz CT molecular complexity index is 611. The largest absolute Gasteiger partial charge is 0.485 e. The molecule has 2 fully saturated rings. The Morgan fingerprint density at radius 1 is 1.19 bits per heavy atom. The van der Waals surface area contributed by atoms with Crippen molar-refractivity contribution in [3.05, 3.63) is 42.0 Å². The van der Waals surface area contributed by atoms with Crippen LogP contribution in [0.1, 0.15) is 36.9 Å². The van der Waals surface area contributed by atoms with Crippen LogP contribution in [0, 0.1) is 11.8 Å². The van der Waals surface area contributed by atoms with Gasteiger partial charge in [0.2, 0.25) is 11.7 Å². The molecule has 2 bridgehead atoms. The molecule has 110 valence electrons. The predicted molar refractivity (Wildman–Crippen MR) is 76.6 cm³/mol. The topological polar surface area (TPSA) is 74.2 Å². The van der Waals surface area contributed by atoms with Gasteiger partial charge in [0.05, 0.1) is 5.92 Å². The van der Waals surface area contributed by atoms with Crippen LogP contribution in [-0.4, -0.2) is 16.2 Å². The van der Waals surface area contributed by atoms with Crippen molar-refractivity contribution in [1.82, 2.24) is 10.1 Å². The third-order valence-corrected chi connectivity index (χ3v) is 4.86. The molecule has 5 nitrogen and oxygen atoms in total. The Morgan fingerprint density at radius 3 is 2.76 bits per heavy atom. The summed E-state index contributed by atoms with van der Waals surface area (Å²) in [7, 11) is 0. The van der Waals surface area contributed by atoms with Crippen molar-refractivity contribution in [3.63, 3.8) is 0 Å². The molecule has 4 atom stereocenters. The Morgan fingerprint density at radius 2 is 2.00 bits per heavy atom. The van der Waals surface area contributed by atoms with Gasteiger partial charge in [-0.15, -0.1) is 0 Å². The fourth-order valence-electron chi connectivity index (χ4n) is 3.83. The van der Waals surface area contributed by atoms with Crippen molar-refractivity contribution in [1.29, 1.82) is 0 Å². The van der Waals surface area contributed by atoms with E-state index >= 15 is 0 Å². The fourth-order valence-corrected chi connectivity index (χ4v) is 3.83. The lowest BCUT2D eigenvalue weighted by Crippen LogP contribution is -2.34. The van der Waals surface area contributed by atoms with E-state index in [1.165, 1.54) is 19.3 Å². The maximum Gasteiger partial charge on any atom is 0.231 e. The van der Waals surface area contributed by atoms with Crippen molar-refractivity contribution < 1.29 is 9.26 Å². The molecule has 2 aromatic rings. The average molecular weight is 285 g/mol. The number of aromatic nitrogens is 2. The minimum absolute atomic E-state index is 0.173. The van der Waals surface area contributed by atoms with E-state index in [1.807, 2.05) is 30.3 Å². The summed E-state index contributed by atoms with van der Waals surface area (Å²) in [5.41, 5.74) is 6.31. The molecule has 0 amide bonds. The van der Waals surface area contributed by atoms with Gasteiger partial charge >= 0.3 is 0 Å². The SMILES string of the molecule is NC1C2CCC(C2)C1c1nc(COc2ccccc2)no1. The number of para-hydroxylation sites is 1. The maximum absolute atomic E-state index is 6.31. The normalized spacial score (nSPS) is 30.7. The molecule has 0 saturated heterocycles. The Labute approximate surface area is 123 Å². The molecule has 1 aromatic heterocycles. The van der Waals surface area contributed by atoms with Crippen LogP contribution in [0.15, 0.2) is 34.9 Å². The second kappa shape index (κ2) is 5.15. The van der Waals surface area contributed by atoms with Crippen LogP contribution >= 0.6 is 0 Å². The lowest BCUT2D eigenvalue weighted by atomic mass is 9.85. The summed E-state index contributed by atoms with van der Waals surface area (Å²) in [6.07, 6.45) is 3.70. The summed E-state index contributed by atoms with van der Waals surface area (Å²) in [6, 6.07) is 9.82. The van der Waals surface area contributed by atoms with E-state index in [1.54, 1.807) is 0 Å². The minimum atomic E-state index is 0.173. The molecule has 0 spiro atoms. The number of hydrogen-bond donors (Lipinski definition) is 1. The van der Waals surface area contributed by atoms with E-state index in [0.717, 1.165) is 5.75 Å². The number of ether oxygens (including phenoxy) is 1. The number of fused-ring (bicyclic) bond motifs is 2. The molecule has 2 saturated carbocycles. The molecule has 21 heavy (non-hydrogen) atoms. The number of hydrogen-bond acceptors (Lipinski definition) is 5. The summed E-state index contributed by atoms with van der Waals surface area (Å²) in [5.74, 6) is 3.58. The van der Waals surface area contributed by atoms with Gasteiger partial charge in [0, 0.05) is 6.04 Å². The van der Waals surface area contributed by atoms with Crippen LogP contribution in [0.25, 0.3) is 0 Å². The Hall–Kier alpha value is -1.88. The van der Waals surface area contributed by atoms with Crippen molar-refractivity contribution >= 4 is 0 Å². The number of benzene rings is 1. The van der Waals surface area contributed by atoms with E-state index in [-0.39, 0.29) is 12.0 Å². The van der Waals surface area contributed by atoms with Gasteiger partial charge in [-0.2, -0.15) is 4.98 Å². The molecule has 0 aliphatic heterocycles. The maximum atomic E-state index is 6.31. The zero-order chi connectivity index (χ0) is 14.2. The minimum Gasteiger partial charge on any atom is -0.485 e. The van der Waals surface area contributed by atoms with Crippen LogP contribution in [0.4, 0.5) is 0 Å². The van der Waals surface area contributed by atoms with Crippen molar-refractivity contribution in [2.75, 3.05) is 0 Å². The third kappa shape index (κ3) is 2.31. The van der Waals surface area contributed by atoms with Gasteiger partial charge in [-0.25, -0.2) is 0 Å². The first-order valence-corrected chi connectivity index (χ1v) is 7.57. The summed E-state index contributed by atoms with van der Waals surface area (Å²) in [5, 5.41) is 4.03. The average Bonchev–Trinajstić information content (AvgIpc) is 3.22. The van der Waals surface area contributed by atoms with Crippen molar-refractivity contribution in [3.8, 4) is 5.75 Å². The van der Waals surface area contributed by atoms with Crippen LogP contribution in [0.2, 0.25) is 0 Å². The summed E-state index contributed by atoms with van der Waals surface area (Å²) >= 11 is 0. The highest BCUT2D eigenvalue weighted by molar-refractivity contribution is 5.21. The molecular formula is C16H19N3O2. The number of rotatable bonds is 4. The van der Waals surface area contributed by atoms with E-state index in [4.69, 9.17) is 15.0 Å². The number of nitrogens with zero attached hydrogens (tertiary/aromatic N) is 2. The van der Waals surface area contributed by atoms with Crippen LogP contribution in [0.5, 0.6) is 5.75 Å². The fraction of sp³-hybridized carbons (Fsp3) is 0.500. The van der Waals surface area contributed by atoms with Crippen LogP contribution in [0.3, 0.4) is 0 Å². The smallest absolute Gasteiger partial charge is 0.231 e. The monoisotopic (exact) mass is 285 g/mol. The number of nitrogens with two attached hydrogens (primary N) is 1. The van der Waals surface area contributed by atoms with Crippen molar-refractivity contribution in [2.24, 2.45) is 17.6 Å². The van der Waals surface area contributed by atoms with E-state index in [0.29, 0.717) is 30.2 Å². The molecule has 2 N–H and O–H groups in total. The lowest BCUT2D eigenvalue weighted by molar-refractivity contribution is 0.268. The van der Waals surface area contributed by atoms with Crippen molar-refractivity contribution in [2.45, 2.75) is 37.8 Å². The highest BCUT2D eigenvalue weighted by Crippen LogP contribution is 2.51. The van der Waals surface area contributed by atoms with Gasteiger partial charge in [0.1, 0.15) is 5.75 Å². The van der Waals surface area contributed by atoms with E-state index in [9.17, 15) is 0 Å². The molecular weight excluding hydrogens is 266 g/mol.